The summed E-state index contributed by atoms with van der Waals surface area (Å²) in [5, 5.41) is 8.95. The van der Waals surface area contributed by atoms with E-state index in [4.69, 9.17) is 5.11 Å². The normalized spacial score (nSPS) is 39.8. The number of esters is 1. The number of carboxylic acids is 1. The Hall–Kier alpha value is -1.06. The number of hydrogen-bond donors (Lipinski definition) is 1. The van der Waals surface area contributed by atoms with Crippen molar-refractivity contribution in [2.24, 2.45) is 23.7 Å². The first-order chi connectivity index (χ1) is 6.63. The molecule has 2 atom stereocenters. The summed E-state index contributed by atoms with van der Waals surface area (Å²) < 4.78 is 4.68. The lowest BCUT2D eigenvalue weighted by Gasteiger charge is -2.48. The molecule has 0 aromatic carbocycles. The van der Waals surface area contributed by atoms with E-state index in [9.17, 15) is 9.59 Å². The number of hydrogen-bond acceptors (Lipinski definition) is 3. The van der Waals surface area contributed by atoms with Crippen LogP contribution in [0.4, 0.5) is 0 Å². The average Bonchev–Trinajstić information content (AvgIpc) is 2.14. The zero-order chi connectivity index (χ0) is 10.3. The standard InChI is InChI=1S/C10H14O4/c1-14-10(13)8-4-7(9(11)12)5-2-6(8)3-5/h5-8H,2-4H2,1H3,(H,11,12)/t5?,6?,7-,8?/m0/s1. The smallest absolute Gasteiger partial charge is 0.308 e. The van der Waals surface area contributed by atoms with E-state index >= 15 is 0 Å². The summed E-state index contributed by atoms with van der Waals surface area (Å²) in [5.41, 5.74) is 0. The Morgan fingerprint density at radius 1 is 1.14 bits per heavy atom. The van der Waals surface area contributed by atoms with Gasteiger partial charge in [0, 0.05) is 0 Å². The number of aliphatic carboxylic acids is 1. The van der Waals surface area contributed by atoms with E-state index in [1.165, 1.54) is 7.11 Å². The third kappa shape index (κ3) is 1.29. The Labute approximate surface area is 82.2 Å². The number of methoxy groups -OCH3 is 1. The van der Waals surface area contributed by atoms with Gasteiger partial charge in [-0.3, -0.25) is 9.59 Å². The zero-order valence-electron chi connectivity index (χ0n) is 8.10. The first-order valence-corrected chi connectivity index (χ1v) is 4.94. The van der Waals surface area contributed by atoms with Crippen molar-refractivity contribution in [3.8, 4) is 0 Å². The SMILES string of the molecule is COC(=O)C1C[C@H](C(=O)O)C2CC1C2. The molecule has 2 bridgehead atoms. The molecule has 78 valence electrons. The van der Waals surface area contributed by atoms with E-state index in [0.29, 0.717) is 18.3 Å². The molecule has 0 amide bonds. The fourth-order valence-electron chi connectivity index (χ4n) is 2.77. The summed E-state index contributed by atoms with van der Waals surface area (Å²) >= 11 is 0. The van der Waals surface area contributed by atoms with Crippen molar-refractivity contribution >= 4 is 11.9 Å². The zero-order valence-corrected chi connectivity index (χ0v) is 8.10. The van der Waals surface area contributed by atoms with E-state index in [0.717, 1.165) is 12.8 Å². The Morgan fingerprint density at radius 2 is 1.71 bits per heavy atom. The fraction of sp³-hybridized carbons (Fsp3) is 0.800. The lowest BCUT2D eigenvalue weighted by molar-refractivity contribution is -0.163. The minimum absolute atomic E-state index is 0.175. The van der Waals surface area contributed by atoms with E-state index in [-0.39, 0.29) is 17.8 Å². The maximum absolute atomic E-state index is 11.4. The van der Waals surface area contributed by atoms with Crippen LogP contribution in [-0.2, 0) is 14.3 Å². The summed E-state index contributed by atoms with van der Waals surface area (Å²) in [7, 11) is 1.36. The molecule has 0 heterocycles. The van der Waals surface area contributed by atoms with Gasteiger partial charge in [-0.05, 0) is 31.1 Å². The van der Waals surface area contributed by atoms with Crippen LogP contribution in [0.25, 0.3) is 0 Å². The van der Waals surface area contributed by atoms with Crippen molar-refractivity contribution in [3.05, 3.63) is 0 Å². The highest BCUT2D eigenvalue weighted by atomic mass is 16.5. The van der Waals surface area contributed by atoms with Crippen LogP contribution in [0.1, 0.15) is 19.3 Å². The summed E-state index contributed by atoms with van der Waals surface area (Å²) in [6, 6.07) is 0. The van der Waals surface area contributed by atoms with Gasteiger partial charge in [0.2, 0.25) is 0 Å². The van der Waals surface area contributed by atoms with Gasteiger partial charge in [-0.2, -0.15) is 0 Å². The molecule has 0 aromatic heterocycles. The Balaban J connectivity index is 2.07. The molecular formula is C10H14O4. The average molecular weight is 198 g/mol. The van der Waals surface area contributed by atoms with Gasteiger partial charge >= 0.3 is 11.9 Å². The summed E-state index contributed by atoms with van der Waals surface area (Å²) in [6.45, 7) is 0. The molecule has 3 fully saturated rings. The van der Waals surface area contributed by atoms with E-state index in [1.54, 1.807) is 0 Å². The maximum atomic E-state index is 11.4. The predicted molar refractivity (Wildman–Crippen MR) is 47.5 cm³/mol. The topological polar surface area (TPSA) is 63.6 Å². The van der Waals surface area contributed by atoms with Crippen LogP contribution in [0.3, 0.4) is 0 Å². The van der Waals surface area contributed by atoms with Crippen LogP contribution in [0.5, 0.6) is 0 Å². The van der Waals surface area contributed by atoms with Gasteiger partial charge in [-0.1, -0.05) is 0 Å². The number of rotatable bonds is 2. The van der Waals surface area contributed by atoms with Crippen LogP contribution in [0.2, 0.25) is 0 Å². The summed E-state index contributed by atoms with van der Waals surface area (Å²) in [4.78, 5) is 22.2. The minimum atomic E-state index is -0.762. The van der Waals surface area contributed by atoms with Gasteiger partial charge < -0.3 is 9.84 Å². The Kier molecular flexibility index (Phi) is 2.21. The lowest BCUT2D eigenvalue weighted by Crippen LogP contribution is -2.48. The molecule has 1 unspecified atom stereocenters. The quantitative estimate of drug-likeness (QED) is 0.670. The second-order valence-electron chi connectivity index (χ2n) is 4.30. The van der Waals surface area contributed by atoms with Gasteiger partial charge in [0.15, 0.2) is 0 Å². The minimum Gasteiger partial charge on any atom is -0.481 e. The van der Waals surface area contributed by atoms with Gasteiger partial charge in [0.25, 0.3) is 0 Å². The number of carbonyl (C=O) groups is 2. The fourth-order valence-corrected chi connectivity index (χ4v) is 2.77. The molecular weight excluding hydrogens is 184 g/mol. The number of fused-ring (bicyclic) bond motifs is 2. The molecule has 1 N–H and O–H groups in total. The van der Waals surface area contributed by atoms with Crippen molar-refractivity contribution in [1.82, 2.24) is 0 Å². The molecule has 0 aliphatic heterocycles. The van der Waals surface area contributed by atoms with Crippen LogP contribution in [0.15, 0.2) is 0 Å². The van der Waals surface area contributed by atoms with E-state index in [2.05, 4.69) is 4.74 Å². The highest BCUT2D eigenvalue weighted by Gasteiger charge is 2.51. The molecule has 4 heteroatoms. The van der Waals surface area contributed by atoms with Gasteiger partial charge in [-0.15, -0.1) is 0 Å². The van der Waals surface area contributed by atoms with Crippen LogP contribution in [-0.4, -0.2) is 24.2 Å². The maximum Gasteiger partial charge on any atom is 0.308 e. The molecule has 3 saturated carbocycles. The molecule has 14 heavy (non-hydrogen) atoms. The lowest BCUT2D eigenvalue weighted by atomic mass is 9.55. The molecule has 4 nitrogen and oxygen atoms in total. The number of ether oxygens (including phenoxy) is 1. The van der Waals surface area contributed by atoms with Gasteiger partial charge in [-0.25, -0.2) is 0 Å². The van der Waals surface area contributed by atoms with Crippen LogP contribution >= 0.6 is 0 Å². The van der Waals surface area contributed by atoms with E-state index < -0.39 is 5.97 Å². The summed E-state index contributed by atoms with van der Waals surface area (Å²) in [6.07, 6.45) is 2.24. The van der Waals surface area contributed by atoms with E-state index in [1.807, 2.05) is 0 Å². The van der Waals surface area contributed by atoms with Gasteiger partial charge in [0.05, 0.1) is 18.9 Å². The summed E-state index contributed by atoms with van der Waals surface area (Å²) in [5.74, 6) is -0.821. The van der Waals surface area contributed by atoms with Crippen molar-refractivity contribution in [3.63, 3.8) is 0 Å². The number of carbonyl (C=O) groups excluding carboxylic acids is 1. The van der Waals surface area contributed by atoms with Crippen molar-refractivity contribution in [2.45, 2.75) is 19.3 Å². The molecule has 0 aromatic rings. The Morgan fingerprint density at radius 3 is 2.21 bits per heavy atom. The van der Waals surface area contributed by atoms with Crippen molar-refractivity contribution < 1.29 is 19.4 Å². The highest BCUT2D eigenvalue weighted by Crippen LogP contribution is 2.52. The first-order valence-electron chi connectivity index (χ1n) is 4.94. The van der Waals surface area contributed by atoms with Crippen LogP contribution < -0.4 is 0 Å². The second-order valence-corrected chi connectivity index (χ2v) is 4.30. The molecule has 0 saturated heterocycles. The largest absolute Gasteiger partial charge is 0.481 e. The Bertz CT molecular complexity index is 267. The third-order valence-corrected chi connectivity index (χ3v) is 3.68. The van der Waals surface area contributed by atoms with Crippen molar-refractivity contribution in [2.75, 3.05) is 7.11 Å². The molecule has 3 aliphatic carbocycles. The third-order valence-electron chi connectivity index (χ3n) is 3.68. The van der Waals surface area contributed by atoms with Crippen molar-refractivity contribution in [1.29, 1.82) is 0 Å². The number of carboxylic acid groups (broad SMARTS) is 1. The molecule has 0 spiro atoms. The molecule has 0 radical (unpaired) electrons. The van der Waals surface area contributed by atoms with Gasteiger partial charge in [0.1, 0.15) is 0 Å². The monoisotopic (exact) mass is 198 g/mol. The predicted octanol–water partition coefficient (Wildman–Crippen LogP) is 0.906. The first kappa shape index (κ1) is 9.49. The second kappa shape index (κ2) is 3.26. The van der Waals surface area contributed by atoms with Crippen LogP contribution in [0, 0.1) is 23.7 Å². The molecule has 3 aliphatic rings. The highest BCUT2D eigenvalue weighted by molar-refractivity contribution is 5.76. The molecule has 3 rings (SSSR count).